The molecule has 104 valence electrons. The molecule has 4 heteroatoms. The highest BCUT2D eigenvalue weighted by molar-refractivity contribution is 9.10. The zero-order valence-electron chi connectivity index (χ0n) is 11.4. The predicted octanol–water partition coefficient (Wildman–Crippen LogP) is 3.30. The third-order valence-corrected chi connectivity index (χ3v) is 5.03. The van der Waals surface area contributed by atoms with E-state index in [1.54, 1.807) is 0 Å². The summed E-state index contributed by atoms with van der Waals surface area (Å²) in [5.41, 5.74) is 0. The van der Waals surface area contributed by atoms with E-state index < -0.39 is 0 Å². The normalized spacial score (nSPS) is 22.7. The lowest BCUT2D eigenvalue weighted by Crippen LogP contribution is -2.47. The van der Waals surface area contributed by atoms with Gasteiger partial charge in [0.1, 0.15) is 5.82 Å². The lowest BCUT2D eigenvalue weighted by Gasteiger charge is -2.40. The Morgan fingerprint density at radius 1 is 1.05 bits per heavy atom. The van der Waals surface area contributed by atoms with Crippen molar-refractivity contribution in [3.63, 3.8) is 0 Å². The fourth-order valence-electron chi connectivity index (χ4n) is 3.34. The van der Waals surface area contributed by atoms with E-state index in [-0.39, 0.29) is 0 Å². The van der Waals surface area contributed by atoms with Crippen molar-refractivity contribution >= 4 is 21.7 Å². The molecule has 2 saturated heterocycles. The molecule has 0 unspecified atom stereocenters. The number of hydrogen-bond donors (Lipinski definition) is 0. The molecule has 3 rings (SSSR count). The van der Waals surface area contributed by atoms with Gasteiger partial charge in [0.05, 0.1) is 4.47 Å². The van der Waals surface area contributed by atoms with Crippen LogP contribution in [-0.2, 0) is 0 Å². The van der Waals surface area contributed by atoms with Gasteiger partial charge in [0.15, 0.2) is 0 Å². The van der Waals surface area contributed by atoms with Gasteiger partial charge in [-0.2, -0.15) is 0 Å². The summed E-state index contributed by atoms with van der Waals surface area (Å²) in [6.45, 7) is 4.91. The van der Waals surface area contributed by atoms with Crippen molar-refractivity contribution in [1.82, 2.24) is 9.88 Å². The van der Waals surface area contributed by atoms with E-state index in [0.717, 1.165) is 29.4 Å². The number of anilines is 1. The van der Waals surface area contributed by atoms with Crippen molar-refractivity contribution < 1.29 is 0 Å². The second-order valence-electron chi connectivity index (χ2n) is 5.62. The first kappa shape index (κ1) is 13.4. The summed E-state index contributed by atoms with van der Waals surface area (Å²) in [6.07, 6.45) is 8.66. The maximum Gasteiger partial charge on any atom is 0.142 e. The lowest BCUT2D eigenvalue weighted by molar-refractivity contribution is 0.141. The van der Waals surface area contributed by atoms with Gasteiger partial charge in [0.2, 0.25) is 0 Å². The maximum atomic E-state index is 4.50. The van der Waals surface area contributed by atoms with E-state index in [1.165, 1.54) is 45.2 Å². The van der Waals surface area contributed by atoms with Gasteiger partial charge in [-0.25, -0.2) is 4.98 Å². The van der Waals surface area contributed by atoms with E-state index in [9.17, 15) is 0 Å². The Labute approximate surface area is 124 Å². The Kier molecular flexibility index (Phi) is 4.38. The van der Waals surface area contributed by atoms with E-state index in [0.29, 0.717) is 0 Å². The molecule has 2 fully saturated rings. The SMILES string of the molecule is Brc1cccnc1N1CCC(N2CCCCC2)CC1. The van der Waals surface area contributed by atoms with Gasteiger partial charge in [0.25, 0.3) is 0 Å². The smallest absolute Gasteiger partial charge is 0.142 e. The third-order valence-electron chi connectivity index (χ3n) is 4.41. The van der Waals surface area contributed by atoms with Crippen LogP contribution in [0.15, 0.2) is 22.8 Å². The molecule has 0 amide bonds. The number of aromatic nitrogens is 1. The van der Waals surface area contributed by atoms with Crippen molar-refractivity contribution in [2.45, 2.75) is 38.1 Å². The summed E-state index contributed by atoms with van der Waals surface area (Å²) in [5.74, 6) is 1.11. The highest BCUT2D eigenvalue weighted by Crippen LogP contribution is 2.28. The van der Waals surface area contributed by atoms with Crippen molar-refractivity contribution in [3.8, 4) is 0 Å². The first-order valence-corrected chi connectivity index (χ1v) is 8.23. The molecular formula is C15H22BrN3. The molecule has 1 aromatic heterocycles. The van der Waals surface area contributed by atoms with Crippen LogP contribution in [0.4, 0.5) is 5.82 Å². The maximum absolute atomic E-state index is 4.50. The molecular weight excluding hydrogens is 302 g/mol. The standard InChI is InChI=1S/C15H22BrN3/c16-14-5-4-8-17-15(14)19-11-6-13(7-12-19)18-9-2-1-3-10-18/h4-5,8,13H,1-3,6-7,9-12H2. The number of hydrogen-bond acceptors (Lipinski definition) is 3. The molecule has 0 spiro atoms. The first-order valence-electron chi connectivity index (χ1n) is 7.44. The Hall–Kier alpha value is -0.610. The molecule has 3 heterocycles. The van der Waals surface area contributed by atoms with E-state index in [2.05, 4.69) is 36.8 Å². The molecule has 0 N–H and O–H groups in total. The second kappa shape index (κ2) is 6.23. The number of nitrogens with zero attached hydrogens (tertiary/aromatic N) is 3. The largest absolute Gasteiger partial charge is 0.356 e. The van der Waals surface area contributed by atoms with Gasteiger partial charge in [-0.1, -0.05) is 6.42 Å². The molecule has 3 nitrogen and oxygen atoms in total. The summed E-state index contributed by atoms with van der Waals surface area (Å²) < 4.78 is 1.12. The molecule has 0 aliphatic carbocycles. The molecule has 0 atom stereocenters. The van der Waals surface area contributed by atoms with Crippen LogP contribution in [0, 0.1) is 0 Å². The van der Waals surface area contributed by atoms with Gasteiger partial charge < -0.3 is 9.80 Å². The summed E-state index contributed by atoms with van der Waals surface area (Å²) in [4.78, 5) is 9.64. The number of halogens is 1. The fourth-order valence-corrected chi connectivity index (χ4v) is 3.84. The van der Waals surface area contributed by atoms with Crippen LogP contribution in [-0.4, -0.2) is 42.1 Å². The van der Waals surface area contributed by atoms with Gasteiger partial charge in [-0.3, -0.25) is 0 Å². The molecule has 2 aliphatic rings. The van der Waals surface area contributed by atoms with Gasteiger partial charge >= 0.3 is 0 Å². The van der Waals surface area contributed by atoms with E-state index >= 15 is 0 Å². The van der Waals surface area contributed by atoms with E-state index in [4.69, 9.17) is 0 Å². The molecule has 0 aromatic carbocycles. The zero-order valence-corrected chi connectivity index (χ0v) is 13.0. The van der Waals surface area contributed by atoms with Gasteiger partial charge in [0, 0.05) is 25.3 Å². The van der Waals surface area contributed by atoms with Crippen LogP contribution < -0.4 is 4.90 Å². The average Bonchev–Trinajstić information content (AvgIpc) is 2.49. The minimum absolute atomic E-state index is 0.805. The Morgan fingerprint density at radius 3 is 2.47 bits per heavy atom. The Bertz CT molecular complexity index is 410. The number of rotatable bonds is 2. The predicted molar refractivity (Wildman–Crippen MR) is 82.6 cm³/mol. The number of piperidine rings is 2. The fraction of sp³-hybridized carbons (Fsp3) is 0.667. The van der Waals surface area contributed by atoms with Crippen LogP contribution in [0.3, 0.4) is 0 Å². The van der Waals surface area contributed by atoms with Crippen molar-refractivity contribution in [2.24, 2.45) is 0 Å². The summed E-state index contributed by atoms with van der Waals surface area (Å²) in [7, 11) is 0. The summed E-state index contributed by atoms with van der Waals surface area (Å²) in [6, 6.07) is 4.87. The van der Waals surface area contributed by atoms with Crippen LogP contribution in [0.5, 0.6) is 0 Å². The molecule has 19 heavy (non-hydrogen) atoms. The highest BCUT2D eigenvalue weighted by atomic mass is 79.9. The van der Waals surface area contributed by atoms with Gasteiger partial charge in [-0.05, 0) is 66.8 Å². The van der Waals surface area contributed by atoms with Crippen LogP contribution >= 0.6 is 15.9 Å². The zero-order chi connectivity index (χ0) is 13.1. The monoisotopic (exact) mass is 323 g/mol. The Morgan fingerprint density at radius 2 is 1.79 bits per heavy atom. The summed E-state index contributed by atoms with van der Waals surface area (Å²) in [5, 5.41) is 0. The second-order valence-corrected chi connectivity index (χ2v) is 6.48. The quantitative estimate of drug-likeness (QED) is 0.832. The highest BCUT2D eigenvalue weighted by Gasteiger charge is 2.26. The van der Waals surface area contributed by atoms with E-state index in [1.807, 2.05) is 12.3 Å². The number of likely N-dealkylation sites (tertiary alicyclic amines) is 1. The first-order chi connectivity index (χ1) is 9.34. The van der Waals surface area contributed by atoms with Crippen LogP contribution in [0.1, 0.15) is 32.1 Å². The average molecular weight is 324 g/mol. The van der Waals surface area contributed by atoms with Crippen molar-refractivity contribution in [3.05, 3.63) is 22.8 Å². The topological polar surface area (TPSA) is 19.4 Å². The molecule has 1 aromatic rings. The van der Waals surface area contributed by atoms with Crippen molar-refractivity contribution in [1.29, 1.82) is 0 Å². The van der Waals surface area contributed by atoms with Crippen LogP contribution in [0.25, 0.3) is 0 Å². The lowest BCUT2D eigenvalue weighted by atomic mass is 10.00. The third kappa shape index (κ3) is 3.11. The van der Waals surface area contributed by atoms with Crippen molar-refractivity contribution in [2.75, 3.05) is 31.1 Å². The number of pyridine rings is 1. The molecule has 0 saturated carbocycles. The summed E-state index contributed by atoms with van der Waals surface area (Å²) >= 11 is 3.61. The Balaban J connectivity index is 1.58. The molecule has 0 bridgehead atoms. The molecule has 2 aliphatic heterocycles. The van der Waals surface area contributed by atoms with Crippen LogP contribution in [0.2, 0.25) is 0 Å². The van der Waals surface area contributed by atoms with Gasteiger partial charge in [-0.15, -0.1) is 0 Å². The minimum Gasteiger partial charge on any atom is -0.356 e. The molecule has 0 radical (unpaired) electrons. The minimum atomic E-state index is 0.805.